The van der Waals surface area contributed by atoms with E-state index in [1.807, 2.05) is 0 Å². The summed E-state index contributed by atoms with van der Waals surface area (Å²) in [4.78, 5) is 20.8. The van der Waals surface area contributed by atoms with Crippen LogP contribution in [-0.2, 0) is 17.6 Å². The Labute approximate surface area is 116 Å². The van der Waals surface area contributed by atoms with E-state index < -0.39 is 10.8 Å². The minimum absolute atomic E-state index is 0.0315. The zero-order chi connectivity index (χ0) is 15.0. The van der Waals surface area contributed by atoms with Crippen LogP contribution in [0.25, 0.3) is 0 Å². The van der Waals surface area contributed by atoms with E-state index in [9.17, 15) is 14.9 Å². The Hall–Kier alpha value is -1.99. The maximum atomic E-state index is 10.7. The summed E-state index contributed by atoms with van der Waals surface area (Å²) >= 11 is 0. The number of nitro groups is 1. The molecule has 4 N–H and O–H groups in total. The smallest absolute Gasteiger partial charge is 0.269 e. The van der Waals surface area contributed by atoms with E-state index in [0.717, 1.165) is 24.0 Å². The van der Waals surface area contributed by atoms with Crippen LogP contribution >= 0.6 is 0 Å². The van der Waals surface area contributed by atoms with Crippen LogP contribution in [0.1, 0.15) is 17.5 Å². The molecule has 0 aliphatic rings. The molecular weight excluding hydrogens is 262 g/mol. The number of hydrogen-bond acceptors (Lipinski definition) is 5. The van der Waals surface area contributed by atoms with Gasteiger partial charge in [-0.25, -0.2) is 0 Å². The molecule has 110 valence electrons. The van der Waals surface area contributed by atoms with Gasteiger partial charge in [0.15, 0.2) is 0 Å². The van der Waals surface area contributed by atoms with Gasteiger partial charge in [0, 0.05) is 18.7 Å². The fourth-order valence-electron chi connectivity index (χ4n) is 1.94. The highest BCUT2D eigenvalue weighted by molar-refractivity contribution is 5.75. The zero-order valence-electron chi connectivity index (χ0n) is 11.2. The quantitative estimate of drug-likeness (QED) is 0.338. The first-order valence-corrected chi connectivity index (χ1v) is 6.40. The van der Waals surface area contributed by atoms with Crippen LogP contribution < -0.4 is 11.1 Å². The Morgan fingerprint density at radius 1 is 1.35 bits per heavy atom. The Morgan fingerprint density at radius 3 is 2.70 bits per heavy atom. The van der Waals surface area contributed by atoms with Gasteiger partial charge in [-0.3, -0.25) is 14.9 Å². The van der Waals surface area contributed by atoms with Gasteiger partial charge in [-0.15, -0.1) is 0 Å². The molecule has 7 heteroatoms. The predicted octanol–water partition coefficient (Wildman–Crippen LogP) is 0.137. The topological polar surface area (TPSA) is 118 Å². The highest BCUT2D eigenvalue weighted by atomic mass is 16.6. The van der Waals surface area contributed by atoms with Gasteiger partial charge in [0.1, 0.15) is 0 Å². The maximum absolute atomic E-state index is 10.7. The summed E-state index contributed by atoms with van der Waals surface area (Å²) in [6.07, 6.45) is 1.90. The molecule has 0 saturated heterocycles. The van der Waals surface area contributed by atoms with E-state index >= 15 is 0 Å². The first kappa shape index (κ1) is 16.1. The first-order chi connectivity index (χ1) is 9.54. The van der Waals surface area contributed by atoms with E-state index in [2.05, 4.69) is 5.32 Å². The Bertz CT molecular complexity index is 477. The first-order valence-electron chi connectivity index (χ1n) is 6.40. The lowest BCUT2D eigenvalue weighted by molar-refractivity contribution is -0.384. The number of primary amides is 1. The van der Waals surface area contributed by atoms with Crippen molar-refractivity contribution < 1.29 is 14.8 Å². The van der Waals surface area contributed by atoms with Crippen molar-refractivity contribution >= 4 is 11.6 Å². The van der Waals surface area contributed by atoms with E-state index in [4.69, 9.17) is 10.8 Å². The fourth-order valence-corrected chi connectivity index (χ4v) is 1.94. The summed E-state index contributed by atoms with van der Waals surface area (Å²) < 4.78 is 0. The summed E-state index contributed by atoms with van der Waals surface area (Å²) in [6.45, 7) is 0.732. The average molecular weight is 281 g/mol. The normalized spacial score (nSPS) is 10.4. The number of nitrogens with zero attached hydrogens (tertiary/aromatic N) is 1. The number of amides is 1. The predicted molar refractivity (Wildman–Crippen MR) is 74.3 cm³/mol. The summed E-state index contributed by atoms with van der Waals surface area (Å²) in [5, 5.41) is 22.6. The van der Waals surface area contributed by atoms with Gasteiger partial charge in [0.2, 0.25) is 5.91 Å². The van der Waals surface area contributed by atoms with Crippen molar-refractivity contribution in [2.75, 3.05) is 19.7 Å². The number of aryl methyl sites for hydroxylation is 1. The average Bonchev–Trinajstić information content (AvgIpc) is 2.39. The minimum Gasteiger partial charge on any atom is -0.396 e. The highest BCUT2D eigenvalue weighted by Gasteiger charge is 2.10. The summed E-state index contributed by atoms with van der Waals surface area (Å²) in [7, 11) is 0. The largest absolute Gasteiger partial charge is 0.396 e. The van der Waals surface area contributed by atoms with Gasteiger partial charge in [-0.2, -0.15) is 0 Å². The summed E-state index contributed by atoms with van der Waals surface area (Å²) in [5.74, 6) is -0.402. The SMILES string of the molecule is NC(=O)CNCCCc1ccc([N+](=O)[O-])cc1CCO. The van der Waals surface area contributed by atoms with Crippen LogP contribution in [0.4, 0.5) is 5.69 Å². The second-order valence-electron chi connectivity index (χ2n) is 4.43. The minimum atomic E-state index is -0.445. The van der Waals surface area contributed by atoms with Crippen molar-refractivity contribution in [3.05, 3.63) is 39.4 Å². The lowest BCUT2D eigenvalue weighted by Gasteiger charge is -2.09. The lowest BCUT2D eigenvalue weighted by Crippen LogP contribution is -2.29. The molecule has 0 spiro atoms. The molecular formula is C13H19N3O4. The number of rotatable bonds is 9. The molecule has 0 aliphatic heterocycles. The number of hydrogen-bond donors (Lipinski definition) is 3. The summed E-state index contributed by atoms with van der Waals surface area (Å²) in [5.41, 5.74) is 6.80. The Kier molecular flexibility index (Phi) is 6.61. The van der Waals surface area contributed by atoms with Gasteiger partial charge in [0.05, 0.1) is 11.5 Å². The molecule has 1 amide bonds. The molecule has 1 aromatic rings. The molecule has 0 heterocycles. The van der Waals surface area contributed by atoms with Gasteiger partial charge >= 0.3 is 0 Å². The molecule has 0 radical (unpaired) electrons. The number of aliphatic hydroxyl groups excluding tert-OH is 1. The van der Waals surface area contributed by atoms with Gasteiger partial charge in [0.25, 0.3) is 5.69 Å². The number of nitro benzene ring substituents is 1. The highest BCUT2D eigenvalue weighted by Crippen LogP contribution is 2.19. The van der Waals surface area contributed by atoms with Crippen molar-refractivity contribution in [2.24, 2.45) is 5.73 Å². The van der Waals surface area contributed by atoms with Crippen LogP contribution in [0.5, 0.6) is 0 Å². The number of non-ortho nitro benzene ring substituents is 1. The van der Waals surface area contributed by atoms with E-state index in [1.54, 1.807) is 6.07 Å². The van der Waals surface area contributed by atoms with Crippen LogP contribution in [0.2, 0.25) is 0 Å². The zero-order valence-corrected chi connectivity index (χ0v) is 11.2. The van der Waals surface area contributed by atoms with Crippen LogP contribution in [0.3, 0.4) is 0 Å². The van der Waals surface area contributed by atoms with Gasteiger partial charge in [-0.05, 0) is 36.9 Å². The standard InChI is InChI=1S/C13H19N3O4/c14-13(18)9-15-6-1-2-10-3-4-12(16(19)20)8-11(10)5-7-17/h3-4,8,15,17H,1-2,5-7,9H2,(H2,14,18). The second-order valence-corrected chi connectivity index (χ2v) is 4.43. The third kappa shape index (κ3) is 5.33. The summed E-state index contributed by atoms with van der Waals surface area (Å²) in [6, 6.07) is 4.69. The molecule has 0 bridgehead atoms. The Balaban J connectivity index is 2.59. The van der Waals surface area contributed by atoms with Crippen LogP contribution in [0.15, 0.2) is 18.2 Å². The van der Waals surface area contributed by atoms with Crippen molar-refractivity contribution in [3.8, 4) is 0 Å². The number of nitrogens with two attached hydrogens (primary N) is 1. The maximum Gasteiger partial charge on any atom is 0.269 e. The van der Waals surface area contributed by atoms with E-state index in [1.165, 1.54) is 12.1 Å². The van der Waals surface area contributed by atoms with Crippen molar-refractivity contribution in [1.29, 1.82) is 0 Å². The molecule has 1 rings (SSSR count). The van der Waals surface area contributed by atoms with E-state index in [0.29, 0.717) is 13.0 Å². The third-order valence-electron chi connectivity index (χ3n) is 2.88. The van der Waals surface area contributed by atoms with Crippen molar-refractivity contribution in [3.63, 3.8) is 0 Å². The second kappa shape index (κ2) is 8.23. The molecule has 1 aromatic carbocycles. The van der Waals surface area contributed by atoms with Gasteiger partial charge < -0.3 is 16.2 Å². The molecule has 0 atom stereocenters. The van der Waals surface area contributed by atoms with Gasteiger partial charge in [-0.1, -0.05) is 6.07 Å². The van der Waals surface area contributed by atoms with Crippen LogP contribution in [-0.4, -0.2) is 35.6 Å². The fraction of sp³-hybridized carbons (Fsp3) is 0.462. The van der Waals surface area contributed by atoms with Crippen molar-refractivity contribution in [2.45, 2.75) is 19.3 Å². The third-order valence-corrected chi connectivity index (χ3v) is 2.88. The molecule has 0 fully saturated rings. The number of aliphatic hydroxyl groups is 1. The number of benzene rings is 1. The number of carbonyl (C=O) groups excluding carboxylic acids is 1. The molecule has 7 nitrogen and oxygen atoms in total. The monoisotopic (exact) mass is 281 g/mol. The molecule has 0 unspecified atom stereocenters. The van der Waals surface area contributed by atoms with E-state index in [-0.39, 0.29) is 18.8 Å². The lowest BCUT2D eigenvalue weighted by atomic mass is 10.00. The number of carbonyl (C=O) groups is 1. The number of nitrogens with one attached hydrogen (secondary N) is 1. The molecule has 0 aromatic heterocycles. The molecule has 0 saturated carbocycles. The molecule has 20 heavy (non-hydrogen) atoms. The molecule has 0 aliphatic carbocycles. The van der Waals surface area contributed by atoms with Crippen molar-refractivity contribution in [1.82, 2.24) is 5.32 Å². The Morgan fingerprint density at radius 2 is 2.10 bits per heavy atom. The van der Waals surface area contributed by atoms with Crippen LogP contribution in [0, 0.1) is 10.1 Å².